The molecule has 1 aliphatic rings. The average Bonchev–Trinajstić information content (AvgIpc) is 2.54. The fourth-order valence-corrected chi connectivity index (χ4v) is 2.91. The van der Waals surface area contributed by atoms with Crippen LogP contribution >= 0.6 is 15.9 Å². The number of nitrogens with zero attached hydrogens (tertiary/aromatic N) is 1. The van der Waals surface area contributed by atoms with Crippen LogP contribution in [0.5, 0.6) is 0 Å². The summed E-state index contributed by atoms with van der Waals surface area (Å²) in [6, 6.07) is 7.37. The summed E-state index contributed by atoms with van der Waals surface area (Å²) in [5, 5.41) is 6.99. The molecule has 1 saturated carbocycles. The third-order valence-electron chi connectivity index (χ3n) is 3.94. The zero-order chi connectivity index (χ0) is 16.7. The smallest absolute Gasteiger partial charge is 0.240 e. The first kappa shape index (κ1) is 17.7. The van der Waals surface area contributed by atoms with Crippen LogP contribution in [0, 0.1) is 5.92 Å². The van der Waals surface area contributed by atoms with E-state index in [1.54, 1.807) is 6.07 Å². The van der Waals surface area contributed by atoms with Gasteiger partial charge in [-0.05, 0) is 53.2 Å². The highest BCUT2D eigenvalue weighted by Crippen LogP contribution is 2.22. The first-order valence-electron chi connectivity index (χ1n) is 7.96. The Balaban J connectivity index is 1.74. The van der Waals surface area contributed by atoms with Gasteiger partial charge in [0.25, 0.3) is 0 Å². The van der Waals surface area contributed by atoms with E-state index in [0.29, 0.717) is 11.6 Å². The third kappa shape index (κ3) is 5.78. The number of nitrogens with one attached hydrogen (secondary N) is 2. The maximum absolute atomic E-state index is 11.9. The standard InChI is InChI=1S/C17H22BrN3O2/c1-12-6-2-4-8-14(12)20-21-17(23)11-10-16(22)19-15-9-5-3-7-13(15)18/h3,5,7,9,12H,2,4,6,8,10-11H2,1H3,(H,19,22)(H,21,23)/b20-14+/t12-/m1/s1. The molecule has 23 heavy (non-hydrogen) atoms. The molecular weight excluding hydrogens is 358 g/mol. The van der Waals surface area contributed by atoms with E-state index in [1.165, 1.54) is 6.42 Å². The van der Waals surface area contributed by atoms with Crippen molar-refractivity contribution >= 4 is 39.1 Å². The van der Waals surface area contributed by atoms with Crippen LogP contribution in [-0.4, -0.2) is 17.5 Å². The number of hydrazone groups is 1. The van der Waals surface area contributed by atoms with Crippen LogP contribution in [0.15, 0.2) is 33.8 Å². The number of hydrogen-bond donors (Lipinski definition) is 2. The molecule has 0 unspecified atom stereocenters. The zero-order valence-electron chi connectivity index (χ0n) is 13.3. The van der Waals surface area contributed by atoms with Gasteiger partial charge in [0.05, 0.1) is 5.69 Å². The second-order valence-electron chi connectivity index (χ2n) is 5.81. The van der Waals surface area contributed by atoms with Crippen molar-refractivity contribution in [3.05, 3.63) is 28.7 Å². The number of benzene rings is 1. The van der Waals surface area contributed by atoms with E-state index in [9.17, 15) is 9.59 Å². The Hall–Kier alpha value is -1.69. The number of carbonyl (C=O) groups excluding carboxylic acids is 2. The summed E-state index contributed by atoms with van der Waals surface area (Å²) in [7, 11) is 0. The van der Waals surface area contributed by atoms with E-state index in [1.807, 2.05) is 18.2 Å². The van der Waals surface area contributed by atoms with E-state index in [-0.39, 0.29) is 24.7 Å². The lowest BCUT2D eigenvalue weighted by molar-refractivity contribution is -0.124. The first-order chi connectivity index (χ1) is 11.1. The number of amides is 2. The summed E-state index contributed by atoms with van der Waals surface area (Å²) in [5.74, 6) is 0.0195. The molecule has 6 heteroatoms. The van der Waals surface area contributed by atoms with Gasteiger partial charge in [0, 0.05) is 23.0 Å². The van der Waals surface area contributed by atoms with E-state index in [4.69, 9.17) is 0 Å². The maximum atomic E-state index is 11.9. The Bertz CT molecular complexity index is 601. The number of hydrogen-bond acceptors (Lipinski definition) is 3. The minimum absolute atomic E-state index is 0.126. The Morgan fingerprint density at radius 1 is 1.22 bits per heavy atom. The number of para-hydroxylation sites is 1. The second-order valence-corrected chi connectivity index (χ2v) is 6.67. The summed E-state index contributed by atoms with van der Waals surface area (Å²) in [6.45, 7) is 2.13. The van der Waals surface area contributed by atoms with Crippen molar-refractivity contribution in [1.82, 2.24) is 5.43 Å². The molecule has 0 radical (unpaired) electrons. The van der Waals surface area contributed by atoms with Crippen LogP contribution in [0.25, 0.3) is 0 Å². The van der Waals surface area contributed by atoms with Crippen LogP contribution in [0.3, 0.4) is 0 Å². The van der Waals surface area contributed by atoms with Crippen molar-refractivity contribution in [3.63, 3.8) is 0 Å². The maximum Gasteiger partial charge on any atom is 0.240 e. The van der Waals surface area contributed by atoms with Crippen molar-refractivity contribution in [2.75, 3.05) is 5.32 Å². The number of carbonyl (C=O) groups is 2. The SMILES string of the molecule is C[C@@H]1CCCC/C1=N\NC(=O)CCC(=O)Nc1ccccc1Br. The highest BCUT2D eigenvalue weighted by atomic mass is 79.9. The second kappa shape index (κ2) is 8.82. The Morgan fingerprint density at radius 2 is 1.96 bits per heavy atom. The quantitative estimate of drug-likeness (QED) is 0.762. The highest BCUT2D eigenvalue weighted by Gasteiger charge is 2.16. The summed E-state index contributed by atoms with van der Waals surface area (Å²) >= 11 is 3.37. The fourth-order valence-electron chi connectivity index (χ4n) is 2.53. The van der Waals surface area contributed by atoms with Crippen molar-refractivity contribution in [1.29, 1.82) is 0 Å². The highest BCUT2D eigenvalue weighted by molar-refractivity contribution is 9.10. The van der Waals surface area contributed by atoms with E-state index < -0.39 is 0 Å². The van der Waals surface area contributed by atoms with E-state index in [0.717, 1.165) is 29.4 Å². The Labute approximate surface area is 145 Å². The van der Waals surface area contributed by atoms with Gasteiger partial charge in [-0.1, -0.05) is 25.5 Å². The molecule has 0 spiro atoms. The number of halogens is 1. The van der Waals surface area contributed by atoms with E-state index >= 15 is 0 Å². The topological polar surface area (TPSA) is 70.6 Å². The lowest BCUT2D eigenvalue weighted by Crippen LogP contribution is -2.25. The monoisotopic (exact) mass is 379 g/mol. The summed E-state index contributed by atoms with van der Waals surface area (Å²) in [4.78, 5) is 23.7. The van der Waals surface area contributed by atoms with Crippen LogP contribution in [0.4, 0.5) is 5.69 Å². The van der Waals surface area contributed by atoms with Crippen molar-refractivity contribution in [3.8, 4) is 0 Å². The van der Waals surface area contributed by atoms with Crippen molar-refractivity contribution in [2.24, 2.45) is 11.0 Å². The van der Waals surface area contributed by atoms with Crippen LogP contribution in [-0.2, 0) is 9.59 Å². The van der Waals surface area contributed by atoms with Gasteiger partial charge in [-0.15, -0.1) is 0 Å². The Kier molecular flexibility index (Phi) is 6.77. The van der Waals surface area contributed by atoms with Crippen LogP contribution in [0.2, 0.25) is 0 Å². The number of rotatable bonds is 5. The number of anilines is 1. The predicted molar refractivity (Wildman–Crippen MR) is 95.2 cm³/mol. The molecule has 1 aliphatic carbocycles. The largest absolute Gasteiger partial charge is 0.325 e. The molecule has 0 aliphatic heterocycles. The Morgan fingerprint density at radius 3 is 2.70 bits per heavy atom. The molecule has 0 bridgehead atoms. The molecule has 0 heterocycles. The first-order valence-corrected chi connectivity index (χ1v) is 8.75. The van der Waals surface area contributed by atoms with Gasteiger partial charge >= 0.3 is 0 Å². The average molecular weight is 380 g/mol. The predicted octanol–water partition coefficient (Wildman–Crippen LogP) is 3.85. The molecule has 0 aromatic heterocycles. The molecule has 0 saturated heterocycles. The lowest BCUT2D eigenvalue weighted by atomic mass is 9.89. The molecule has 1 fully saturated rings. The van der Waals surface area contributed by atoms with E-state index in [2.05, 4.69) is 38.7 Å². The third-order valence-corrected chi connectivity index (χ3v) is 4.63. The van der Waals surface area contributed by atoms with Gasteiger partial charge in [0.1, 0.15) is 0 Å². The lowest BCUT2D eigenvalue weighted by Gasteiger charge is -2.19. The molecule has 2 rings (SSSR count). The molecule has 124 valence electrons. The molecule has 1 aromatic carbocycles. The van der Waals surface area contributed by atoms with Gasteiger partial charge in [-0.25, -0.2) is 5.43 Å². The van der Waals surface area contributed by atoms with Crippen molar-refractivity contribution in [2.45, 2.75) is 45.4 Å². The summed E-state index contributed by atoms with van der Waals surface area (Å²) in [5.41, 5.74) is 4.33. The molecule has 2 amide bonds. The minimum atomic E-state index is -0.224. The summed E-state index contributed by atoms with van der Waals surface area (Å²) < 4.78 is 0.815. The summed E-state index contributed by atoms with van der Waals surface area (Å²) in [6.07, 6.45) is 4.69. The van der Waals surface area contributed by atoms with Gasteiger partial charge < -0.3 is 5.32 Å². The molecular formula is C17H22BrN3O2. The van der Waals surface area contributed by atoms with Gasteiger partial charge in [-0.3, -0.25) is 9.59 Å². The fraction of sp³-hybridized carbons (Fsp3) is 0.471. The minimum Gasteiger partial charge on any atom is -0.325 e. The normalized spacial score (nSPS) is 19.4. The van der Waals surface area contributed by atoms with Crippen molar-refractivity contribution < 1.29 is 9.59 Å². The molecule has 1 aromatic rings. The van der Waals surface area contributed by atoms with Crippen LogP contribution in [0.1, 0.15) is 45.4 Å². The molecule has 5 nitrogen and oxygen atoms in total. The van der Waals surface area contributed by atoms with Gasteiger partial charge in [0.2, 0.25) is 11.8 Å². The zero-order valence-corrected chi connectivity index (χ0v) is 14.9. The molecule has 1 atom stereocenters. The van der Waals surface area contributed by atoms with Gasteiger partial charge in [-0.2, -0.15) is 5.10 Å². The molecule has 2 N–H and O–H groups in total. The van der Waals surface area contributed by atoms with Gasteiger partial charge in [0.15, 0.2) is 0 Å². The van der Waals surface area contributed by atoms with Crippen LogP contribution < -0.4 is 10.7 Å².